The second kappa shape index (κ2) is 9.19. The van der Waals surface area contributed by atoms with Crippen molar-refractivity contribution in [3.63, 3.8) is 0 Å². The molecule has 2 aromatic heterocycles. The Morgan fingerprint density at radius 1 is 1.36 bits per heavy atom. The molecule has 0 radical (unpaired) electrons. The van der Waals surface area contributed by atoms with E-state index in [1.54, 1.807) is 11.3 Å². The van der Waals surface area contributed by atoms with E-state index in [2.05, 4.69) is 61.0 Å². The first-order chi connectivity index (χ1) is 11.7. The third kappa shape index (κ3) is 4.94. The van der Waals surface area contributed by atoms with Crippen molar-refractivity contribution in [2.45, 2.75) is 19.9 Å². The van der Waals surface area contributed by atoms with Crippen LogP contribution >= 0.6 is 35.3 Å². The minimum atomic E-state index is 0. The highest BCUT2D eigenvalue weighted by Gasteiger charge is 2.09. The van der Waals surface area contributed by atoms with Gasteiger partial charge in [0.2, 0.25) is 0 Å². The van der Waals surface area contributed by atoms with Gasteiger partial charge < -0.3 is 15.2 Å². The average Bonchev–Trinajstić information content (AvgIpc) is 3.18. The predicted octanol–water partition coefficient (Wildman–Crippen LogP) is 3.80. The number of benzene rings is 1. The van der Waals surface area contributed by atoms with Crippen molar-refractivity contribution < 1.29 is 0 Å². The Morgan fingerprint density at radius 3 is 2.88 bits per heavy atom. The maximum absolute atomic E-state index is 4.51. The Labute approximate surface area is 169 Å². The van der Waals surface area contributed by atoms with Crippen molar-refractivity contribution >= 4 is 52.2 Å². The molecule has 0 saturated heterocycles. The second-order valence-electron chi connectivity index (χ2n) is 5.80. The lowest BCUT2D eigenvalue weighted by molar-refractivity contribution is 0.471. The highest BCUT2D eigenvalue weighted by molar-refractivity contribution is 14.0. The van der Waals surface area contributed by atoms with E-state index in [1.165, 1.54) is 16.5 Å². The molecule has 5 nitrogen and oxygen atoms in total. The van der Waals surface area contributed by atoms with Crippen molar-refractivity contribution in [3.05, 3.63) is 52.1 Å². The van der Waals surface area contributed by atoms with Gasteiger partial charge in [-0.25, -0.2) is 4.98 Å². The molecule has 0 saturated carbocycles. The predicted molar refractivity (Wildman–Crippen MR) is 117 cm³/mol. The number of aromatic amines is 1. The smallest absolute Gasteiger partial charge is 0.193 e. The van der Waals surface area contributed by atoms with Gasteiger partial charge in [0.05, 0.1) is 17.2 Å². The molecule has 0 aliphatic heterocycles. The number of aromatic nitrogens is 2. The van der Waals surface area contributed by atoms with Crippen LogP contribution in [0.2, 0.25) is 0 Å². The fraction of sp³-hybridized carbons (Fsp3) is 0.333. The average molecular weight is 469 g/mol. The molecule has 0 bridgehead atoms. The van der Waals surface area contributed by atoms with Gasteiger partial charge in [0.15, 0.2) is 5.96 Å². The normalized spacial score (nSPS) is 11.4. The van der Waals surface area contributed by atoms with Gasteiger partial charge in [-0.05, 0) is 25.0 Å². The molecule has 1 aromatic carbocycles. The lowest BCUT2D eigenvalue weighted by atomic mass is 10.1. The van der Waals surface area contributed by atoms with Crippen LogP contribution in [0.25, 0.3) is 10.9 Å². The van der Waals surface area contributed by atoms with E-state index in [-0.39, 0.29) is 24.0 Å². The SMILES string of the molecule is CN=C(NCCc1c[nH]c2ccccc12)N(C)Cc1csc(C)n1.I. The van der Waals surface area contributed by atoms with Gasteiger partial charge in [0.25, 0.3) is 0 Å². The van der Waals surface area contributed by atoms with Gasteiger partial charge >= 0.3 is 0 Å². The number of guanidine groups is 1. The molecule has 3 rings (SSSR count). The largest absolute Gasteiger partial charge is 0.361 e. The van der Waals surface area contributed by atoms with Crippen LogP contribution in [0, 0.1) is 6.92 Å². The number of nitrogens with one attached hydrogen (secondary N) is 2. The minimum absolute atomic E-state index is 0. The molecule has 2 heterocycles. The Kier molecular flexibility index (Phi) is 7.24. The third-order valence-electron chi connectivity index (χ3n) is 3.99. The molecule has 0 spiro atoms. The monoisotopic (exact) mass is 469 g/mol. The topological polar surface area (TPSA) is 56.3 Å². The number of rotatable bonds is 5. The first-order valence-corrected chi connectivity index (χ1v) is 8.93. The molecule has 3 aromatic rings. The number of H-pyrrole nitrogens is 1. The summed E-state index contributed by atoms with van der Waals surface area (Å²) in [6.45, 7) is 3.63. The van der Waals surface area contributed by atoms with Crippen LogP contribution in [0.5, 0.6) is 0 Å². The molecular formula is C18H24IN5S. The molecule has 0 atom stereocenters. The second-order valence-corrected chi connectivity index (χ2v) is 6.86. The number of nitrogens with zero attached hydrogens (tertiary/aromatic N) is 3. The van der Waals surface area contributed by atoms with Crippen molar-refractivity contribution in [1.82, 2.24) is 20.2 Å². The summed E-state index contributed by atoms with van der Waals surface area (Å²) < 4.78 is 0. The molecule has 0 aliphatic rings. The Morgan fingerprint density at radius 2 is 2.16 bits per heavy atom. The highest BCUT2D eigenvalue weighted by atomic mass is 127. The molecule has 7 heteroatoms. The molecular weight excluding hydrogens is 445 g/mol. The Hall–Kier alpha value is -1.61. The van der Waals surface area contributed by atoms with E-state index in [4.69, 9.17) is 0 Å². The van der Waals surface area contributed by atoms with E-state index >= 15 is 0 Å². The van der Waals surface area contributed by atoms with Gasteiger partial charge in [-0.15, -0.1) is 35.3 Å². The van der Waals surface area contributed by atoms with Crippen molar-refractivity contribution in [2.24, 2.45) is 4.99 Å². The van der Waals surface area contributed by atoms with Crippen LogP contribution in [0.4, 0.5) is 0 Å². The summed E-state index contributed by atoms with van der Waals surface area (Å²) in [5.41, 5.74) is 3.60. The van der Waals surface area contributed by atoms with Crippen LogP contribution in [-0.2, 0) is 13.0 Å². The fourth-order valence-electron chi connectivity index (χ4n) is 2.83. The van der Waals surface area contributed by atoms with E-state index in [0.717, 1.165) is 36.2 Å². The van der Waals surface area contributed by atoms with E-state index in [1.807, 2.05) is 21.0 Å². The first kappa shape index (κ1) is 19.7. The molecule has 2 N–H and O–H groups in total. The quantitative estimate of drug-likeness (QED) is 0.340. The Balaban J connectivity index is 0.00000225. The lowest BCUT2D eigenvalue weighted by Gasteiger charge is -2.21. The van der Waals surface area contributed by atoms with Crippen LogP contribution in [-0.4, -0.2) is 41.5 Å². The van der Waals surface area contributed by atoms with E-state index < -0.39 is 0 Å². The molecule has 0 amide bonds. The number of halogens is 1. The zero-order valence-corrected chi connectivity index (χ0v) is 17.9. The summed E-state index contributed by atoms with van der Waals surface area (Å²) in [5, 5.41) is 7.93. The molecule has 0 fully saturated rings. The van der Waals surface area contributed by atoms with Gasteiger partial charge in [-0.1, -0.05) is 18.2 Å². The maximum atomic E-state index is 4.51. The first-order valence-electron chi connectivity index (χ1n) is 8.05. The summed E-state index contributed by atoms with van der Waals surface area (Å²) >= 11 is 1.68. The zero-order valence-electron chi connectivity index (χ0n) is 14.7. The van der Waals surface area contributed by atoms with Crippen molar-refractivity contribution in [2.75, 3.05) is 20.6 Å². The summed E-state index contributed by atoms with van der Waals surface area (Å²) in [7, 11) is 3.85. The summed E-state index contributed by atoms with van der Waals surface area (Å²) in [6, 6.07) is 8.40. The van der Waals surface area contributed by atoms with Crippen LogP contribution in [0.3, 0.4) is 0 Å². The lowest BCUT2D eigenvalue weighted by Crippen LogP contribution is -2.39. The molecule has 25 heavy (non-hydrogen) atoms. The van der Waals surface area contributed by atoms with Gasteiger partial charge in [0, 0.05) is 43.1 Å². The summed E-state index contributed by atoms with van der Waals surface area (Å²) in [5.74, 6) is 0.889. The minimum Gasteiger partial charge on any atom is -0.361 e. The number of aliphatic imine (C=N–C) groups is 1. The standard InChI is InChI=1S/C18H23N5S.HI/c1-13-22-15(12-24-13)11-23(3)18(19-2)20-9-8-14-10-21-17-7-5-4-6-16(14)17;/h4-7,10,12,21H,8-9,11H2,1-3H3,(H,19,20);1H. The fourth-order valence-corrected chi connectivity index (χ4v) is 3.43. The third-order valence-corrected chi connectivity index (χ3v) is 4.81. The van der Waals surface area contributed by atoms with Crippen LogP contribution < -0.4 is 5.32 Å². The maximum Gasteiger partial charge on any atom is 0.193 e. The van der Waals surface area contributed by atoms with Gasteiger partial charge in [-0.3, -0.25) is 4.99 Å². The van der Waals surface area contributed by atoms with Crippen LogP contribution in [0.15, 0.2) is 40.8 Å². The Bertz CT molecular complexity index is 839. The number of para-hydroxylation sites is 1. The number of hydrogen-bond donors (Lipinski definition) is 2. The zero-order chi connectivity index (χ0) is 16.9. The van der Waals surface area contributed by atoms with E-state index in [0.29, 0.717) is 0 Å². The van der Waals surface area contributed by atoms with Gasteiger partial charge in [-0.2, -0.15) is 0 Å². The summed E-state index contributed by atoms with van der Waals surface area (Å²) in [6.07, 6.45) is 3.05. The van der Waals surface area contributed by atoms with Crippen molar-refractivity contribution in [1.29, 1.82) is 0 Å². The number of aryl methyl sites for hydroxylation is 1. The van der Waals surface area contributed by atoms with Crippen LogP contribution in [0.1, 0.15) is 16.3 Å². The van der Waals surface area contributed by atoms with Crippen molar-refractivity contribution in [3.8, 4) is 0 Å². The number of hydrogen-bond acceptors (Lipinski definition) is 3. The number of thiazole rings is 1. The molecule has 0 aliphatic carbocycles. The molecule has 0 unspecified atom stereocenters. The molecule has 134 valence electrons. The van der Waals surface area contributed by atoms with E-state index in [9.17, 15) is 0 Å². The summed E-state index contributed by atoms with van der Waals surface area (Å²) in [4.78, 5) is 14.3. The number of fused-ring (bicyclic) bond motifs is 1. The highest BCUT2D eigenvalue weighted by Crippen LogP contribution is 2.17. The van der Waals surface area contributed by atoms with Gasteiger partial charge in [0.1, 0.15) is 0 Å².